The SMILES string of the molecule is Cc1ccc(C(=O)NC2CC2)cc1NC(=O)c1ccc(OCc2cscn2)c(C)c1. The van der Waals surface area contributed by atoms with Crippen LogP contribution in [0.1, 0.15) is 50.4 Å². The summed E-state index contributed by atoms with van der Waals surface area (Å²) in [7, 11) is 0. The second-order valence-corrected chi connectivity index (χ2v) is 8.20. The zero-order chi connectivity index (χ0) is 21.1. The van der Waals surface area contributed by atoms with E-state index in [4.69, 9.17) is 4.74 Å². The average molecular weight is 422 g/mol. The summed E-state index contributed by atoms with van der Waals surface area (Å²) in [6.45, 7) is 4.20. The van der Waals surface area contributed by atoms with Crippen LogP contribution in [0.4, 0.5) is 5.69 Å². The second-order valence-electron chi connectivity index (χ2n) is 7.48. The molecule has 30 heavy (non-hydrogen) atoms. The predicted molar refractivity (Wildman–Crippen MR) is 117 cm³/mol. The van der Waals surface area contributed by atoms with Crippen LogP contribution in [0.15, 0.2) is 47.3 Å². The lowest BCUT2D eigenvalue weighted by molar-refractivity contribution is 0.0949. The van der Waals surface area contributed by atoms with E-state index in [2.05, 4.69) is 15.6 Å². The minimum absolute atomic E-state index is 0.106. The first-order valence-electron chi connectivity index (χ1n) is 9.83. The van der Waals surface area contributed by atoms with Gasteiger partial charge in [0.05, 0.1) is 11.2 Å². The lowest BCUT2D eigenvalue weighted by atomic mass is 10.1. The van der Waals surface area contributed by atoms with Crippen molar-refractivity contribution >= 4 is 28.8 Å². The lowest BCUT2D eigenvalue weighted by Crippen LogP contribution is -2.25. The fraction of sp³-hybridized carbons (Fsp3) is 0.261. The third kappa shape index (κ3) is 4.86. The summed E-state index contributed by atoms with van der Waals surface area (Å²) >= 11 is 1.53. The molecule has 4 rings (SSSR count). The van der Waals surface area contributed by atoms with E-state index in [9.17, 15) is 9.59 Å². The quantitative estimate of drug-likeness (QED) is 0.589. The maximum Gasteiger partial charge on any atom is 0.255 e. The molecule has 0 bridgehead atoms. The third-order valence-corrected chi connectivity index (χ3v) is 5.59. The molecule has 2 aromatic carbocycles. The topological polar surface area (TPSA) is 80.3 Å². The van der Waals surface area contributed by atoms with Crippen molar-refractivity contribution in [3.8, 4) is 5.75 Å². The van der Waals surface area contributed by atoms with Crippen molar-refractivity contribution in [1.82, 2.24) is 10.3 Å². The number of carbonyl (C=O) groups is 2. The average Bonchev–Trinajstić information content (AvgIpc) is 3.39. The molecule has 1 aromatic heterocycles. The molecule has 2 N–H and O–H groups in total. The van der Waals surface area contributed by atoms with Crippen LogP contribution in [0.3, 0.4) is 0 Å². The van der Waals surface area contributed by atoms with E-state index in [0.717, 1.165) is 35.4 Å². The number of amides is 2. The zero-order valence-corrected chi connectivity index (χ0v) is 17.7. The van der Waals surface area contributed by atoms with Crippen LogP contribution in [0, 0.1) is 13.8 Å². The molecular formula is C23H23N3O3S. The number of aryl methyl sites for hydroxylation is 2. The standard InChI is InChI=1S/C23H23N3O3S/c1-14-3-4-17(22(27)25-18-6-7-18)10-20(14)26-23(28)16-5-8-21(15(2)9-16)29-11-19-12-30-13-24-19/h3-5,8-10,12-13,18H,6-7,11H2,1-2H3,(H,25,27)(H,26,28). The molecule has 154 valence electrons. The van der Waals surface area contributed by atoms with Crippen molar-refractivity contribution in [2.24, 2.45) is 0 Å². The molecule has 0 atom stereocenters. The van der Waals surface area contributed by atoms with Gasteiger partial charge in [0.1, 0.15) is 12.4 Å². The van der Waals surface area contributed by atoms with Gasteiger partial charge in [-0.1, -0.05) is 6.07 Å². The molecule has 6 nitrogen and oxygen atoms in total. The molecule has 0 radical (unpaired) electrons. The van der Waals surface area contributed by atoms with E-state index >= 15 is 0 Å². The summed E-state index contributed by atoms with van der Waals surface area (Å²) in [6.07, 6.45) is 2.06. The number of benzene rings is 2. The van der Waals surface area contributed by atoms with Gasteiger partial charge in [-0.2, -0.15) is 0 Å². The summed E-state index contributed by atoms with van der Waals surface area (Å²) in [4.78, 5) is 29.3. The number of anilines is 1. The van der Waals surface area contributed by atoms with Crippen molar-refractivity contribution in [1.29, 1.82) is 0 Å². The Labute approximate surface area is 179 Å². The molecule has 2 amide bonds. The van der Waals surface area contributed by atoms with E-state index in [0.29, 0.717) is 23.4 Å². The molecule has 1 aliphatic rings. The Morgan fingerprint density at radius 1 is 1.07 bits per heavy atom. The van der Waals surface area contributed by atoms with Crippen LogP contribution in [0.5, 0.6) is 5.75 Å². The van der Waals surface area contributed by atoms with Crippen LogP contribution >= 0.6 is 11.3 Å². The van der Waals surface area contributed by atoms with Crippen LogP contribution in [-0.4, -0.2) is 22.8 Å². The summed E-state index contributed by atoms with van der Waals surface area (Å²) < 4.78 is 5.80. The van der Waals surface area contributed by atoms with E-state index in [-0.39, 0.29) is 17.9 Å². The van der Waals surface area contributed by atoms with Gasteiger partial charge in [0, 0.05) is 28.2 Å². The molecule has 1 fully saturated rings. The van der Waals surface area contributed by atoms with Gasteiger partial charge in [0.25, 0.3) is 11.8 Å². The maximum absolute atomic E-state index is 12.8. The predicted octanol–water partition coefficient (Wildman–Crippen LogP) is 4.48. The molecule has 1 saturated carbocycles. The van der Waals surface area contributed by atoms with Gasteiger partial charge in [-0.3, -0.25) is 9.59 Å². The number of ether oxygens (including phenoxy) is 1. The normalized spacial score (nSPS) is 13.0. The molecule has 1 aliphatic carbocycles. The van der Waals surface area contributed by atoms with Crippen molar-refractivity contribution in [2.75, 3.05) is 5.32 Å². The van der Waals surface area contributed by atoms with Crippen LogP contribution in [-0.2, 0) is 6.61 Å². The van der Waals surface area contributed by atoms with E-state index in [1.165, 1.54) is 11.3 Å². The number of thiazole rings is 1. The molecule has 0 unspecified atom stereocenters. The molecule has 0 aliphatic heterocycles. The van der Waals surface area contributed by atoms with Crippen molar-refractivity contribution in [3.05, 3.63) is 75.2 Å². The summed E-state index contributed by atoms with van der Waals surface area (Å²) in [5.74, 6) is 0.381. The lowest BCUT2D eigenvalue weighted by Gasteiger charge is -2.13. The first kappa shape index (κ1) is 20.1. The monoisotopic (exact) mass is 421 g/mol. The Kier molecular flexibility index (Phi) is 5.81. The van der Waals surface area contributed by atoms with Gasteiger partial charge in [0.2, 0.25) is 0 Å². The van der Waals surface area contributed by atoms with Crippen molar-refractivity contribution < 1.29 is 14.3 Å². The van der Waals surface area contributed by atoms with Crippen molar-refractivity contribution in [3.63, 3.8) is 0 Å². The Morgan fingerprint density at radius 3 is 2.53 bits per heavy atom. The van der Waals surface area contributed by atoms with E-state index in [1.807, 2.05) is 25.3 Å². The Balaban J connectivity index is 1.44. The Bertz CT molecular complexity index is 1080. The number of hydrogen-bond donors (Lipinski definition) is 2. The van der Waals surface area contributed by atoms with Gasteiger partial charge in [-0.25, -0.2) is 4.98 Å². The van der Waals surface area contributed by atoms with E-state index < -0.39 is 0 Å². The van der Waals surface area contributed by atoms with Crippen LogP contribution in [0.25, 0.3) is 0 Å². The van der Waals surface area contributed by atoms with Gasteiger partial charge in [0.15, 0.2) is 0 Å². The highest BCUT2D eigenvalue weighted by Gasteiger charge is 2.24. The zero-order valence-electron chi connectivity index (χ0n) is 16.9. The number of nitrogens with one attached hydrogen (secondary N) is 2. The van der Waals surface area contributed by atoms with Crippen molar-refractivity contribution in [2.45, 2.75) is 39.3 Å². The smallest absolute Gasteiger partial charge is 0.255 e. The first-order valence-corrected chi connectivity index (χ1v) is 10.8. The minimum atomic E-state index is -0.230. The molecule has 7 heteroatoms. The maximum atomic E-state index is 12.8. The number of carbonyl (C=O) groups excluding carboxylic acids is 2. The highest BCUT2D eigenvalue weighted by atomic mass is 32.1. The second kappa shape index (κ2) is 8.67. The van der Waals surface area contributed by atoms with E-state index in [1.54, 1.807) is 35.8 Å². The number of rotatable bonds is 7. The van der Waals surface area contributed by atoms with Crippen LogP contribution in [0.2, 0.25) is 0 Å². The molecule has 1 heterocycles. The summed E-state index contributed by atoms with van der Waals surface area (Å²) in [6, 6.07) is 11.0. The fourth-order valence-corrected chi connectivity index (χ4v) is 3.54. The number of aromatic nitrogens is 1. The fourth-order valence-electron chi connectivity index (χ4n) is 3.00. The molecule has 3 aromatic rings. The van der Waals surface area contributed by atoms with Gasteiger partial charge in [-0.05, 0) is 68.1 Å². The Hall–Kier alpha value is -3.19. The van der Waals surface area contributed by atoms with Gasteiger partial charge in [-0.15, -0.1) is 11.3 Å². The number of nitrogens with zero attached hydrogens (tertiary/aromatic N) is 1. The van der Waals surface area contributed by atoms with Gasteiger partial charge >= 0.3 is 0 Å². The summed E-state index contributed by atoms with van der Waals surface area (Å²) in [5.41, 5.74) is 6.11. The largest absolute Gasteiger partial charge is 0.487 e. The van der Waals surface area contributed by atoms with Gasteiger partial charge < -0.3 is 15.4 Å². The molecule has 0 saturated heterocycles. The highest BCUT2D eigenvalue weighted by Crippen LogP contribution is 2.24. The minimum Gasteiger partial charge on any atom is -0.487 e. The highest BCUT2D eigenvalue weighted by molar-refractivity contribution is 7.07. The first-order chi connectivity index (χ1) is 14.5. The summed E-state index contributed by atoms with van der Waals surface area (Å²) in [5, 5.41) is 7.83. The Morgan fingerprint density at radius 2 is 1.83 bits per heavy atom. The number of hydrogen-bond acceptors (Lipinski definition) is 5. The molecular weight excluding hydrogens is 398 g/mol. The molecule has 0 spiro atoms. The van der Waals surface area contributed by atoms with Crippen LogP contribution < -0.4 is 15.4 Å². The third-order valence-electron chi connectivity index (χ3n) is 4.96.